The standard InChI is InChI=1S/C17H17ClN2O2S/c1-2-22-15-8-5-13(11-19-15)16(21)20-9-10-23-17(20)12-3-6-14(18)7-4-12/h3-8,11,17H,2,9-10H2,1H3. The highest BCUT2D eigenvalue weighted by Gasteiger charge is 2.31. The zero-order valence-corrected chi connectivity index (χ0v) is 14.3. The average Bonchev–Trinajstić information content (AvgIpc) is 3.05. The van der Waals surface area contributed by atoms with Crippen molar-refractivity contribution in [1.82, 2.24) is 9.88 Å². The molecule has 1 aliphatic rings. The van der Waals surface area contributed by atoms with Crippen molar-refractivity contribution in [2.75, 3.05) is 18.9 Å². The zero-order chi connectivity index (χ0) is 16.2. The van der Waals surface area contributed by atoms with E-state index in [-0.39, 0.29) is 11.3 Å². The van der Waals surface area contributed by atoms with Crippen molar-refractivity contribution in [2.45, 2.75) is 12.3 Å². The molecule has 1 aliphatic heterocycles. The van der Waals surface area contributed by atoms with Gasteiger partial charge in [-0.2, -0.15) is 0 Å². The van der Waals surface area contributed by atoms with Crippen LogP contribution in [-0.2, 0) is 0 Å². The van der Waals surface area contributed by atoms with Crippen LogP contribution in [0.4, 0.5) is 0 Å². The summed E-state index contributed by atoms with van der Waals surface area (Å²) >= 11 is 7.71. The van der Waals surface area contributed by atoms with Gasteiger partial charge in [0.1, 0.15) is 5.37 Å². The molecule has 1 saturated heterocycles. The first-order chi connectivity index (χ1) is 11.2. The van der Waals surface area contributed by atoms with Crippen molar-refractivity contribution in [3.05, 3.63) is 58.7 Å². The maximum atomic E-state index is 12.8. The lowest BCUT2D eigenvalue weighted by atomic mass is 10.2. The number of pyridine rings is 1. The van der Waals surface area contributed by atoms with E-state index in [1.54, 1.807) is 30.1 Å². The molecule has 3 rings (SSSR count). The molecule has 1 aromatic carbocycles. The predicted molar refractivity (Wildman–Crippen MR) is 93.1 cm³/mol. The molecule has 2 heterocycles. The van der Waals surface area contributed by atoms with Gasteiger partial charge in [-0.05, 0) is 30.7 Å². The summed E-state index contributed by atoms with van der Waals surface area (Å²) in [5, 5.41) is 0.719. The van der Waals surface area contributed by atoms with Crippen molar-refractivity contribution in [1.29, 1.82) is 0 Å². The molecule has 1 atom stereocenters. The molecular weight excluding hydrogens is 332 g/mol. The molecular formula is C17H17ClN2O2S. The highest BCUT2D eigenvalue weighted by Crippen LogP contribution is 2.39. The molecule has 1 fully saturated rings. The number of carbonyl (C=O) groups is 1. The quantitative estimate of drug-likeness (QED) is 0.836. The van der Waals surface area contributed by atoms with Gasteiger partial charge in [0.05, 0.1) is 12.2 Å². The van der Waals surface area contributed by atoms with Crippen LogP contribution in [0.15, 0.2) is 42.6 Å². The van der Waals surface area contributed by atoms with Gasteiger partial charge >= 0.3 is 0 Å². The number of thioether (sulfide) groups is 1. The van der Waals surface area contributed by atoms with Crippen LogP contribution in [0.5, 0.6) is 5.88 Å². The summed E-state index contributed by atoms with van der Waals surface area (Å²) < 4.78 is 5.32. The summed E-state index contributed by atoms with van der Waals surface area (Å²) in [6, 6.07) is 11.2. The van der Waals surface area contributed by atoms with Gasteiger partial charge in [-0.3, -0.25) is 4.79 Å². The lowest BCUT2D eigenvalue weighted by Crippen LogP contribution is -2.30. The van der Waals surface area contributed by atoms with Gasteiger partial charge in [0, 0.05) is 29.6 Å². The van der Waals surface area contributed by atoms with Crippen molar-refractivity contribution >= 4 is 29.3 Å². The molecule has 0 bridgehead atoms. The zero-order valence-electron chi connectivity index (χ0n) is 12.7. The van der Waals surface area contributed by atoms with Crippen LogP contribution in [0.25, 0.3) is 0 Å². The maximum absolute atomic E-state index is 12.8. The Hall–Kier alpha value is -1.72. The third kappa shape index (κ3) is 3.62. The van der Waals surface area contributed by atoms with E-state index in [0.29, 0.717) is 23.1 Å². The van der Waals surface area contributed by atoms with Gasteiger partial charge in [-0.15, -0.1) is 11.8 Å². The minimum absolute atomic E-state index is 0.00880. The minimum atomic E-state index is -0.00880. The molecule has 1 aromatic heterocycles. The molecule has 0 saturated carbocycles. The lowest BCUT2D eigenvalue weighted by molar-refractivity contribution is 0.0760. The molecule has 4 nitrogen and oxygen atoms in total. The summed E-state index contributed by atoms with van der Waals surface area (Å²) in [7, 11) is 0. The Labute approximate surface area is 144 Å². The fourth-order valence-electron chi connectivity index (χ4n) is 2.49. The van der Waals surface area contributed by atoms with Crippen LogP contribution in [0.2, 0.25) is 5.02 Å². The van der Waals surface area contributed by atoms with Crippen LogP contribution in [0.3, 0.4) is 0 Å². The minimum Gasteiger partial charge on any atom is -0.478 e. The maximum Gasteiger partial charge on any atom is 0.256 e. The van der Waals surface area contributed by atoms with Crippen molar-refractivity contribution < 1.29 is 9.53 Å². The second-order valence-corrected chi connectivity index (χ2v) is 6.72. The highest BCUT2D eigenvalue weighted by molar-refractivity contribution is 7.99. The third-order valence-electron chi connectivity index (χ3n) is 3.58. The number of hydrogen-bond donors (Lipinski definition) is 0. The first-order valence-electron chi connectivity index (χ1n) is 7.46. The van der Waals surface area contributed by atoms with Crippen molar-refractivity contribution in [2.24, 2.45) is 0 Å². The first kappa shape index (κ1) is 16.1. The van der Waals surface area contributed by atoms with Crippen molar-refractivity contribution in [3.63, 3.8) is 0 Å². The van der Waals surface area contributed by atoms with E-state index in [0.717, 1.165) is 17.9 Å². The molecule has 1 unspecified atom stereocenters. The van der Waals surface area contributed by atoms with E-state index < -0.39 is 0 Å². The highest BCUT2D eigenvalue weighted by atomic mass is 35.5. The van der Waals surface area contributed by atoms with Gasteiger partial charge in [0.2, 0.25) is 5.88 Å². The number of halogens is 1. The van der Waals surface area contributed by atoms with Crippen LogP contribution >= 0.6 is 23.4 Å². The van der Waals surface area contributed by atoms with E-state index in [2.05, 4.69) is 4.98 Å². The van der Waals surface area contributed by atoms with Crippen LogP contribution in [0, 0.1) is 0 Å². The summed E-state index contributed by atoms with van der Waals surface area (Å²) in [5.74, 6) is 1.45. The molecule has 0 spiro atoms. The Kier molecular flexibility index (Phi) is 5.08. The second kappa shape index (κ2) is 7.23. The number of carbonyl (C=O) groups excluding carboxylic acids is 1. The van der Waals surface area contributed by atoms with Gasteiger partial charge in [0.15, 0.2) is 0 Å². The smallest absolute Gasteiger partial charge is 0.256 e. The predicted octanol–water partition coefficient (Wildman–Crippen LogP) is 4.02. The third-order valence-corrected chi connectivity index (χ3v) is 5.10. The average molecular weight is 349 g/mol. The van der Waals surface area contributed by atoms with Crippen LogP contribution in [-0.4, -0.2) is 34.7 Å². The van der Waals surface area contributed by atoms with E-state index in [9.17, 15) is 4.79 Å². The summed E-state index contributed by atoms with van der Waals surface area (Å²) in [6.45, 7) is 3.19. The first-order valence-corrected chi connectivity index (χ1v) is 8.88. The number of rotatable bonds is 4. The fourth-order valence-corrected chi connectivity index (χ4v) is 3.87. The molecule has 2 aromatic rings. The number of ether oxygens (including phenoxy) is 1. The van der Waals surface area contributed by atoms with Gasteiger partial charge in [0.25, 0.3) is 5.91 Å². The molecule has 120 valence electrons. The Morgan fingerprint density at radius 2 is 2.13 bits per heavy atom. The Balaban J connectivity index is 1.78. The Morgan fingerprint density at radius 1 is 1.35 bits per heavy atom. The van der Waals surface area contributed by atoms with Crippen molar-refractivity contribution in [3.8, 4) is 5.88 Å². The summed E-state index contributed by atoms with van der Waals surface area (Å²) in [4.78, 5) is 18.8. The number of hydrogen-bond acceptors (Lipinski definition) is 4. The molecule has 23 heavy (non-hydrogen) atoms. The lowest BCUT2D eigenvalue weighted by Gasteiger charge is -2.24. The topological polar surface area (TPSA) is 42.4 Å². The Bertz CT molecular complexity index is 676. The fraction of sp³-hybridized carbons (Fsp3) is 0.294. The molecule has 6 heteroatoms. The normalized spacial score (nSPS) is 17.3. The van der Waals surface area contributed by atoms with Gasteiger partial charge < -0.3 is 9.64 Å². The van der Waals surface area contributed by atoms with E-state index in [1.165, 1.54) is 0 Å². The molecule has 1 amide bonds. The largest absolute Gasteiger partial charge is 0.478 e. The Morgan fingerprint density at radius 3 is 2.78 bits per heavy atom. The van der Waals surface area contributed by atoms with E-state index >= 15 is 0 Å². The molecule has 0 radical (unpaired) electrons. The SMILES string of the molecule is CCOc1ccc(C(=O)N2CCSC2c2ccc(Cl)cc2)cn1. The summed E-state index contributed by atoms with van der Waals surface area (Å²) in [6.07, 6.45) is 1.58. The van der Waals surface area contributed by atoms with Gasteiger partial charge in [-0.25, -0.2) is 4.98 Å². The molecule has 0 N–H and O–H groups in total. The summed E-state index contributed by atoms with van der Waals surface area (Å²) in [5.41, 5.74) is 1.67. The van der Waals surface area contributed by atoms with E-state index in [4.69, 9.17) is 16.3 Å². The number of amides is 1. The second-order valence-electron chi connectivity index (χ2n) is 5.09. The van der Waals surface area contributed by atoms with Gasteiger partial charge in [-0.1, -0.05) is 23.7 Å². The number of benzene rings is 1. The number of aromatic nitrogens is 1. The van der Waals surface area contributed by atoms with Crippen LogP contribution in [0.1, 0.15) is 28.2 Å². The number of nitrogens with zero attached hydrogens (tertiary/aromatic N) is 2. The molecule has 0 aliphatic carbocycles. The monoisotopic (exact) mass is 348 g/mol. The van der Waals surface area contributed by atoms with Crippen LogP contribution < -0.4 is 4.74 Å². The van der Waals surface area contributed by atoms with E-state index in [1.807, 2.05) is 36.1 Å².